The number of nitrogens with one attached hydrogen (secondary N) is 2. The average molecular weight is 260 g/mol. The van der Waals surface area contributed by atoms with Crippen molar-refractivity contribution < 1.29 is 9.90 Å². The van der Waals surface area contributed by atoms with Crippen LogP contribution in [-0.4, -0.2) is 28.6 Å². The van der Waals surface area contributed by atoms with Gasteiger partial charge in [0.1, 0.15) is 5.69 Å². The van der Waals surface area contributed by atoms with E-state index >= 15 is 0 Å². The minimum Gasteiger partial charge on any atom is -0.394 e. The third-order valence-electron chi connectivity index (χ3n) is 3.64. The van der Waals surface area contributed by atoms with Gasteiger partial charge in [0.25, 0.3) is 5.91 Å². The number of aliphatic hydroxyl groups excluding tert-OH is 1. The van der Waals surface area contributed by atoms with Crippen LogP contribution in [0.1, 0.15) is 35.0 Å². The number of carbonyl (C=O) groups is 1. The van der Waals surface area contributed by atoms with Gasteiger partial charge in [-0.05, 0) is 43.5 Å². The van der Waals surface area contributed by atoms with Gasteiger partial charge in [-0.2, -0.15) is 0 Å². The zero-order chi connectivity index (χ0) is 14.0. The fraction of sp³-hybridized carbons (Fsp3) is 0.400. The fourth-order valence-electron chi connectivity index (χ4n) is 2.12. The first-order valence-electron chi connectivity index (χ1n) is 6.57. The van der Waals surface area contributed by atoms with E-state index in [2.05, 4.69) is 24.1 Å². The molecule has 102 valence electrons. The van der Waals surface area contributed by atoms with Crippen molar-refractivity contribution in [3.05, 3.63) is 35.0 Å². The normalized spacial score (nSPS) is 12.6. The molecular weight excluding hydrogens is 240 g/mol. The van der Waals surface area contributed by atoms with Gasteiger partial charge in [0.2, 0.25) is 0 Å². The van der Waals surface area contributed by atoms with E-state index in [1.807, 2.05) is 25.1 Å². The Morgan fingerprint density at radius 3 is 2.79 bits per heavy atom. The van der Waals surface area contributed by atoms with Crippen LogP contribution in [0.5, 0.6) is 0 Å². The number of hydrogen-bond donors (Lipinski definition) is 3. The third-order valence-corrected chi connectivity index (χ3v) is 3.64. The molecule has 19 heavy (non-hydrogen) atoms. The minimum absolute atomic E-state index is 0.0411. The van der Waals surface area contributed by atoms with Crippen LogP contribution in [0.25, 0.3) is 10.9 Å². The second kappa shape index (κ2) is 5.45. The molecule has 0 bridgehead atoms. The minimum atomic E-state index is -0.193. The van der Waals surface area contributed by atoms with Crippen molar-refractivity contribution in [2.24, 2.45) is 0 Å². The second-order valence-corrected chi connectivity index (χ2v) is 4.91. The molecule has 0 spiro atoms. The SMILES string of the molecule is CCC(CO)NC(=O)c1cc2c(C)c(C)ccc2[nH]1. The lowest BCUT2D eigenvalue weighted by Crippen LogP contribution is -2.37. The lowest BCUT2D eigenvalue weighted by Gasteiger charge is -2.12. The summed E-state index contributed by atoms with van der Waals surface area (Å²) in [7, 11) is 0. The largest absolute Gasteiger partial charge is 0.394 e. The molecule has 1 aromatic heterocycles. The van der Waals surface area contributed by atoms with Crippen LogP contribution in [0.2, 0.25) is 0 Å². The average Bonchev–Trinajstić information content (AvgIpc) is 2.85. The van der Waals surface area contributed by atoms with E-state index in [4.69, 9.17) is 5.11 Å². The molecule has 2 aromatic rings. The van der Waals surface area contributed by atoms with Crippen LogP contribution >= 0.6 is 0 Å². The second-order valence-electron chi connectivity index (χ2n) is 4.91. The highest BCUT2D eigenvalue weighted by atomic mass is 16.3. The van der Waals surface area contributed by atoms with Crippen LogP contribution < -0.4 is 5.32 Å². The molecule has 0 saturated carbocycles. The number of carbonyl (C=O) groups excluding carboxylic acids is 1. The van der Waals surface area contributed by atoms with Crippen LogP contribution in [0.4, 0.5) is 0 Å². The van der Waals surface area contributed by atoms with Gasteiger partial charge in [-0.1, -0.05) is 13.0 Å². The zero-order valence-corrected chi connectivity index (χ0v) is 11.6. The summed E-state index contributed by atoms with van der Waals surface area (Å²) in [5.41, 5.74) is 3.89. The fourth-order valence-corrected chi connectivity index (χ4v) is 2.12. The summed E-state index contributed by atoms with van der Waals surface area (Å²) in [5, 5.41) is 13.0. The molecule has 1 heterocycles. The van der Waals surface area contributed by atoms with Gasteiger partial charge < -0.3 is 15.4 Å². The monoisotopic (exact) mass is 260 g/mol. The molecule has 3 N–H and O–H groups in total. The van der Waals surface area contributed by atoms with Gasteiger partial charge in [-0.15, -0.1) is 0 Å². The summed E-state index contributed by atoms with van der Waals surface area (Å²) in [4.78, 5) is 15.2. The summed E-state index contributed by atoms with van der Waals surface area (Å²) in [6, 6.07) is 5.70. The number of rotatable bonds is 4. The number of aromatic amines is 1. The van der Waals surface area contributed by atoms with Crippen molar-refractivity contribution in [2.45, 2.75) is 33.2 Å². The van der Waals surface area contributed by atoms with Gasteiger partial charge >= 0.3 is 0 Å². The van der Waals surface area contributed by atoms with Crippen molar-refractivity contribution in [3.8, 4) is 0 Å². The highest BCUT2D eigenvalue weighted by Crippen LogP contribution is 2.22. The molecule has 1 amide bonds. The lowest BCUT2D eigenvalue weighted by atomic mass is 10.1. The van der Waals surface area contributed by atoms with Crippen molar-refractivity contribution in [3.63, 3.8) is 0 Å². The van der Waals surface area contributed by atoms with Gasteiger partial charge in [-0.25, -0.2) is 0 Å². The molecule has 0 aliphatic rings. The van der Waals surface area contributed by atoms with E-state index in [-0.39, 0.29) is 18.6 Å². The number of fused-ring (bicyclic) bond motifs is 1. The lowest BCUT2D eigenvalue weighted by molar-refractivity contribution is 0.0910. The summed E-state index contributed by atoms with van der Waals surface area (Å²) in [5.74, 6) is -0.172. The van der Waals surface area contributed by atoms with Crippen LogP contribution in [0, 0.1) is 13.8 Å². The van der Waals surface area contributed by atoms with Gasteiger partial charge in [0.15, 0.2) is 0 Å². The Hall–Kier alpha value is -1.81. The first-order chi connectivity index (χ1) is 9.06. The molecule has 0 fully saturated rings. The molecular formula is C15H20N2O2. The number of H-pyrrole nitrogens is 1. The highest BCUT2D eigenvalue weighted by Gasteiger charge is 2.14. The van der Waals surface area contributed by atoms with Crippen molar-refractivity contribution >= 4 is 16.8 Å². The van der Waals surface area contributed by atoms with Gasteiger partial charge in [-0.3, -0.25) is 4.79 Å². The summed E-state index contributed by atoms with van der Waals surface area (Å²) >= 11 is 0. The predicted octanol–water partition coefficient (Wildman–Crippen LogP) is 2.29. The first-order valence-corrected chi connectivity index (χ1v) is 6.57. The molecule has 0 saturated heterocycles. The highest BCUT2D eigenvalue weighted by molar-refractivity contribution is 5.99. The number of aliphatic hydroxyl groups is 1. The molecule has 0 radical (unpaired) electrons. The Morgan fingerprint density at radius 1 is 1.42 bits per heavy atom. The number of aromatic nitrogens is 1. The van der Waals surface area contributed by atoms with E-state index < -0.39 is 0 Å². The predicted molar refractivity (Wildman–Crippen MR) is 76.4 cm³/mol. The molecule has 1 atom stereocenters. The van der Waals surface area contributed by atoms with Gasteiger partial charge in [0, 0.05) is 10.9 Å². The number of benzene rings is 1. The van der Waals surface area contributed by atoms with Crippen molar-refractivity contribution in [1.82, 2.24) is 10.3 Å². The summed E-state index contributed by atoms with van der Waals surface area (Å²) in [6.45, 7) is 6.00. The molecule has 4 heteroatoms. The molecule has 2 rings (SSSR count). The quantitative estimate of drug-likeness (QED) is 0.789. The topological polar surface area (TPSA) is 65.1 Å². The van der Waals surface area contributed by atoms with E-state index in [9.17, 15) is 4.79 Å². The van der Waals surface area contributed by atoms with Crippen molar-refractivity contribution in [2.75, 3.05) is 6.61 Å². The van der Waals surface area contributed by atoms with E-state index in [1.165, 1.54) is 11.1 Å². The Labute approximate surface area is 112 Å². The maximum absolute atomic E-state index is 12.1. The maximum atomic E-state index is 12.1. The smallest absolute Gasteiger partial charge is 0.268 e. The number of hydrogen-bond acceptors (Lipinski definition) is 2. The first kappa shape index (κ1) is 13.6. The molecule has 0 aliphatic carbocycles. The molecule has 0 aliphatic heterocycles. The summed E-state index contributed by atoms with van der Waals surface area (Å²) in [6.07, 6.45) is 0.709. The number of amides is 1. The Bertz CT molecular complexity index is 597. The van der Waals surface area contributed by atoms with Crippen molar-refractivity contribution in [1.29, 1.82) is 0 Å². The van der Waals surface area contributed by atoms with Crippen LogP contribution in [0.15, 0.2) is 18.2 Å². The zero-order valence-electron chi connectivity index (χ0n) is 11.6. The van der Waals surface area contributed by atoms with Crippen LogP contribution in [-0.2, 0) is 0 Å². The number of aryl methyl sites for hydroxylation is 2. The van der Waals surface area contributed by atoms with E-state index in [0.29, 0.717) is 12.1 Å². The van der Waals surface area contributed by atoms with E-state index in [0.717, 1.165) is 10.9 Å². The van der Waals surface area contributed by atoms with Gasteiger partial charge in [0.05, 0.1) is 12.6 Å². The Morgan fingerprint density at radius 2 is 2.16 bits per heavy atom. The maximum Gasteiger partial charge on any atom is 0.268 e. The molecule has 4 nitrogen and oxygen atoms in total. The molecule has 1 aromatic carbocycles. The standard InChI is InChI=1S/C15H20N2O2/c1-4-11(8-18)16-15(19)14-7-12-10(3)9(2)5-6-13(12)17-14/h5-7,11,17-18H,4,8H2,1-3H3,(H,16,19). The van der Waals surface area contributed by atoms with E-state index in [1.54, 1.807) is 0 Å². The Balaban J connectivity index is 2.31. The molecule has 1 unspecified atom stereocenters. The summed E-state index contributed by atoms with van der Waals surface area (Å²) < 4.78 is 0. The van der Waals surface area contributed by atoms with Crippen LogP contribution in [0.3, 0.4) is 0 Å². The Kier molecular flexibility index (Phi) is 3.90. The third kappa shape index (κ3) is 2.63.